The Kier molecular flexibility index (Phi) is 4.72. The largest absolute Gasteiger partial charge is 0.379 e. The fourth-order valence-electron chi connectivity index (χ4n) is 2.45. The summed E-state index contributed by atoms with van der Waals surface area (Å²) in [6.07, 6.45) is 4.38. The first kappa shape index (κ1) is 16.2. The van der Waals surface area contributed by atoms with Gasteiger partial charge in [-0.05, 0) is 36.2 Å². The fraction of sp³-hybridized carbons (Fsp3) is 0.111. The highest BCUT2D eigenvalue weighted by Crippen LogP contribution is 2.25. The van der Waals surface area contributed by atoms with Crippen LogP contribution in [0.5, 0.6) is 0 Å². The van der Waals surface area contributed by atoms with Crippen LogP contribution >= 0.6 is 0 Å². The molecule has 25 heavy (non-hydrogen) atoms. The van der Waals surface area contributed by atoms with Crippen molar-refractivity contribution >= 4 is 11.4 Å². The van der Waals surface area contributed by atoms with Gasteiger partial charge in [0.2, 0.25) is 0 Å². The van der Waals surface area contributed by atoms with Crippen molar-refractivity contribution in [2.24, 2.45) is 0 Å². The number of nitro benzene ring substituents is 1. The molecule has 0 bridgehead atoms. The number of nitrogens with zero attached hydrogens (tertiary/aromatic N) is 4. The molecule has 7 heteroatoms. The van der Waals surface area contributed by atoms with E-state index in [1.54, 1.807) is 23.0 Å². The molecular formula is C18H15N5O2. The molecule has 1 heterocycles. The summed E-state index contributed by atoms with van der Waals surface area (Å²) < 4.78 is 1.79. The van der Waals surface area contributed by atoms with Crippen LogP contribution in [0.1, 0.15) is 11.1 Å². The van der Waals surface area contributed by atoms with Crippen molar-refractivity contribution in [3.8, 4) is 11.8 Å². The van der Waals surface area contributed by atoms with E-state index in [4.69, 9.17) is 5.26 Å². The van der Waals surface area contributed by atoms with E-state index >= 15 is 0 Å². The number of aromatic nitrogens is 2. The molecule has 0 amide bonds. The van der Waals surface area contributed by atoms with E-state index in [1.165, 1.54) is 6.07 Å². The van der Waals surface area contributed by atoms with E-state index in [2.05, 4.69) is 10.4 Å². The molecule has 0 saturated heterocycles. The van der Waals surface area contributed by atoms with Crippen LogP contribution in [0.4, 0.5) is 11.4 Å². The predicted molar refractivity (Wildman–Crippen MR) is 93.6 cm³/mol. The minimum atomic E-state index is -0.489. The van der Waals surface area contributed by atoms with Gasteiger partial charge in [0.25, 0.3) is 5.69 Å². The average Bonchev–Trinajstić information content (AvgIpc) is 3.11. The highest BCUT2D eigenvalue weighted by atomic mass is 16.6. The Bertz CT molecular complexity index is 928. The molecule has 1 aromatic heterocycles. The molecule has 1 N–H and O–H groups in total. The van der Waals surface area contributed by atoms with Gasteiger partial charge >= 0.3 is 0 Å². The number of anilines is 1. The number of benzene rings is 2. The minimum Gasteiger partial charge on any atom is -0.379 e. The number of rotatable bonds is 6. The van der Waals surface area contributed by atoms with Crippen LogP contribution in [-0.2, 0) is 6.42 Å². The zero-order valence-electron chi connectivity index (χ0n) is 13.3. The van der Waals surface area contributed by atoms with E-state index in [9.17, 15) is 10.1 Å². The Morgan fingerprint density at radius 3 is 2.76 bits per heavy atom. The molecule has 0 atom stereocenters. The van der Waals surface area contributed by atoms with Gasteiger partial charge in [0.1, 0.15) is 5.69 Å². The van der Waals surface area contributed by atoms with E-state index in [0.717, 1.165) is 11.3 Å². The Labute approximate surface area is 144 Å². The minimum absolute atomic E-state index is 0.0981. The summed E-state index contributed by atoms with van der Waals surface area (Å²) in [7, 11) is 0. The maximum Gasteiger partial charge on any atom is 0.293 e. The van der Waals surface area contributed by atoms with Gasteiger partial charge in [0.15, 0.2) is 0 Å². The molecule has 3 rings (SSSR count). The molecule has 0 aliphatic rings. The van der Waals surface area contributed by atoms with Crippen molar-refractivity contribution in [3.05, 3.63) is 82.2 Å². The van der Waals surface area contributed by atoms with Gasteiger partial charge in [-0.1, -0.05) is 18.2 Å². The third kappa shape index (κ3) is 3.82. The lowest BCUT2D eigenvalue weighted by Crippen LogP contribution is -2.06. The number of nitriles is 1. The smallest absolute Gasteiger partial charge is 0.293 e. The van der Waals surface area contributed by atoms with E-state index < -0.39 is 4.92 Å². The first-order valence-corrected chi connectivity index (χ1v) is 7.69. The third-order valence-corrected chi connectivity index (χ3v) is 3.71. The highest BCUT2D eigenvalue weighted by molar-refractivity contribution is 5.64. The molecule has 0 saturated carbocycles. The number of hydrogen-bond donors (Lipinski definition) is 1. The second-order valence-corrected chi connectivity index (χ2v) is 5.41. The Balaban J connectivity index is 1.65. The molecule has 0 spiro atoms. The zero-order valence-corrected chi connectivity index (χ0v) is 13.3. The molecule has 7 nitrogen and oxygen atoms in total. The molecule has 0 radical (unpaired) electrons. The van der Waals surface area contributed by atoms with Crippen molar-refractivity contribution in [1.29, 1.82) is 5.26 Å². The van der Waals surface area contributed by atoms with Crippen molar-refractivity contribution in [1.82, 2.24) is 9.78 Å². The van der Waals surface area contributed by atoms with E-state index in [-0.39, 0.29) is 11.3 Å². The van der Waals surface area contributed by atoms with Gasteiger partial charge in [-0.2, -0.15) is 10.4 Å². The predicted octanol–water partition coefficient (Wildman–Crippen LogP) is 3.31. The van der Waals surface area contributed by atoms with E-state index in [0.29, 0.717) is 18.7 Å². The lowest BCUT2D eigenvalue weighted by atomic mass is 10.2. The van der Waals surface area contributed by atoms with Crippen molar-refractivity contribution < 1.29 is 4.92 Å². The molecule has 0 aliphatic carbocycles. The number of hydrogen-bond acceptors (Lipinski definition) is 5. The summed E-state index contributed by atoms with van der Waals surface area (Å²) in [5.74, 6) is 0. The van der Waals surface area contributed by atoms with Crippen LogP contribution < -0.4 is 5.32 Å². The normalized spacial score (nSPS) is 10.2. The van der Waals surface area contributed by atoms with Crippen molar-refractivity contribution in [2.75, 3.05) is 11.9 Å². The summed E-state index contributed by atoms with van der Waals surface area (Å²) in [6.45, 7) is 0.521. The number of para-hydroxylation sites is 1. The maximum absolute atomic E-state index is 11.1. The molecule has 0 fully saturated rings. The topological polar surface area (TPSA) is 96.8 Å². The first-order chi connectivity index (χ1) is 12.2. The van der Waals surface area contributed by atoms with Crippen molar-refractivity contribution in [3.63, 3.8) is 0 Å². The second kappa shape index (κ2) is 7.27. The van der Waals surface area contributed by atoms with E-state index in [1.807, 2.05) is 42.6 Å². The van der Waals surface area contributed by atoms with Crippen LogP contribution in [0.3, 0.4) is 0 Å². The van der Waals surface area contributed by atoms with Crippen LogP contribution in [-0.4, -0.2) is 21.2 Å². The Morgan fingerprint density at radius 1 is 1.24 bits per heavy atom. The van der Waals surface area contributed by atoms with Gasteiger partial charge < -0.3 is 5.32 Å². The highest BCUT2D eigenvalue weighted by Gasteiger charge is 2.14. The molecule has 2 aromatic carbocycles. The fourth-order valence-corrected chi connectivity index (χ4v) is 2.45. The summed E-state index contributed by atoms with van der Waals surface area (Å²) >= 11 is 0. The lowest BCUT2D eigenvalue weighted by Gasteiger charge is -2.06. The second-order valence-electron chi connectivity index (χ2n) is 5.41. The van der Waals surface area contributed by atoms with Crippen LogP contribution in [0.2, 0.25) is 0 Å². The quantitative estimate of drug-likeness (QED) is 0.551. The summed E-state index contributed by atoms with van der Waals surface area (Å²) in [6, 6.07) is 16.1. The van der Waals surface area contributed by atoms with Gasteiger partial charge in [0, 0.05) is 18.8 Å². The Hall–Kier alpha value is -3.66. The monoisotopic (exact) mass is 333 g/mol. The number of nitrogens with one attached hydrogen (secondary N) is 1. The first-order valence-electron chi connectivity index (χ1n) is 7.69. The average molecular weight is 333 g/mol. The van der Waals surface area contributed by atoms with Crippen LogP contribution in [0.15, 0.2) is 60.9 Å². The van der Waals surface area contributed by atoms with Crippen LogP contribution in [0.25, 0.3) is 5.69 Å². The van der Waals surface area contributed by atoms with Gasteiger partial charge in [0.05, 0.1) is 28.4 Å². The summed E-state index contributed by atoms with van der Waals surface area (Å²) in [5, 5.41) is 27.4. The SMILES string of the molecule is N#Cc1ccc(NCCc2cnn(-c3ccccc3)c2)c([N+](=O)[O-])c1. The molecule has 124 valence electrons. The molecular weight excluding hydrogens is 318 g/mol. The van der Waals surface area contributed by atoms with Gasteiger partial charge in [-0.25, -0.2) is 4.68 Å². The lowest BCUT2D eigenvalue weighted by molar-refractivity contribution is -0.384. The van der Waals surface area contributed by atoms with Crippen molar-refractivity contribution in [2.45, 2.75) is 6.42 Å². The standard InChI is InChI=1S/C18H15N5O2/c19-11-14-6-7-17(18(10-14)23(24)25)20-9-8-15-12-21-22(13-15)16-4-2-1-3-5-16/h1-7,10,12-13,20H,8-9H2. The summed E-state index contributed by atoms with van der Waals surface area (Å²) in [5.41, 5.74) is 2.57. The molecule has 0 unspecified atom stereocenters. The molecule has 3 aromatic rings. The third-order valence-electron chi connectivity index (χ3n) is 3.71. The number of nitro groups is 1. The van der Waals surface area contributed by atoms with Gasteiger partial charge in [-0.3, -0.25) is 10.1 Å². The van der Waals surface area contributed by atoms with Crippen LogP contribution in [0, 0.1) is 21.4 Å². The van der Waals surface area contributed by atoms with Gasteiger partial charge in [-0.15, -0.1) is 0 Å². The molecule has 0 aliphatic heterocycles. The zero-order chi connectivity index (χ0) is 17.6. The maximum atomic E-state index is 11.1. The Morgan fingerprint density at radius 2 is 2.04 bits per heavy atom. The summed E-state index contributed by atoms with van der Waals surface area (Å²) in [4.78, 5) is 10.6.